The molecule has 2 nitrogen and oxygen atoms in total. The molecular weight excluding hydrogens is 313 g/mol. The van der Waals surface area contributed by atoms with E-state index >= 15 is 0 Å². The topological polar surface area (TPSA) is 24.1 Å². The van der Waals surface area contributed by atoms with Gasteiger partial charge in [0.15, 0.2) is 0 Å². The summed E-state index contributed by atoms with van der Waals surface area (Å²) in [7, 11) is 0. The molecule has 0 aromatic heterocycles. The van der Waals surface area contributed by atoms with E-state index in [-0.39, 0.29) is 12.1 Å². The van der Waals surface area contributed by atoms with Crippen LogP contribution in [0.2, 0.25) is 0 Å². The molecule has 2 aromatic carbocycles. The summed E-state index contributed by atoms with van der Waals surface area (Å²) in [5.41, 5.74) is 1.27. The van der Waals surface area contributed by atoms with E-state index in [1.54, 1.807) is 6.07 Å². The number of piperidine rings is 1. The first-order valence-corrected chi connectivity index (χ1v) is 8.22. The summed E-state index contributed by atoms with van der Waals surface area (Å²) in [5, 5.41) is 6.95. The zero-order valence-corrected chi connectivity index (χ0v) is 13.3. The highest BCUT2D eigenvalue weighted by atomic mass is 19.4. The summed E-state index contributed by atoms with van der Waals surface area (Å²) >= 11 is 0. The third-order valence-electron chi connectivity index (χ3n) is 4.44. The van der Waals surface area contributed by atoms with Gasteiger partial charge in [0.2, 0.25) is 0 Å². The Hall–Kier alpha value is -1.85. The second kappa shape index (κ2) is 7.36. The van der Waals surface area contributed by atoms with E-state index in [2.05, 4.69) is 22.8 Å². The van der Waals surface area contributed by atoms with E-state index in [9.17, 15) is 13.2 Å². The van der Waals surface area contributed by atoms with Crippen molar-refractivity contribution in [2.24, 2.45) is 0 Å². The van der Waals surface area contributed by atoms with Crippen LogP contribution in [0.15, 0.2) is 54.6 Å². The van der Waals surface area contributed by atoms with Crippen LogP contribution in [0.5, 0.6) is 0 Å². The minimum absolute atomic E-state index is 0.186. The quantitative estimate of drug-likeness (QED) is 0.872. The summed E-state index contributed by atoms with van der Waals surface area (Å²) in [6, 6.07) is 16.1. The molecule has 128 valence electrons. The molecule has 0 saturated carbocycles. The normalized spacial score (nSPS) is 21.6. The van der Waals surface area contributed by atoms with Crippen LogP contribution >= 0.6 is 0 Å². The molecule has 2 aromatic rings. The summed E-state index contributed by atoms with van der Waals surface area (Å²) in [6.45, 7) is 1.39. The Labute approximate surface area is 140 Å². The van der Waals surface area contributed by atoms with Crippen LogP contribution in [0.4, 0.5) is 13.2 Å². The average Bonchev–Trinajstić information content (AvgIpc) is 2.60. The Morgan fingerprint density at radius 1 is 1.04 bits per heavy atom. The molecule has 24 heavy (non-hydrogen) atoms. The molecule has 1 saturated heterocycles. The van der Waals surface area contributed by atoms with Crippen molar-refractivity contribution in [1.82, 2.24) is 10.6 Å². The molecule has 3 rings (SSSR count). The molecule has 0 amide bonds. The van der Waals surface area contributed by atoms with Crippen LogP contribution in [0.3, 0.4) is 0 Å². The van der Waals surface area contributed by atoms with Crippen LogP contribution in [-0.4, -0.2) is 12.6 Å². The highest BCUT2D eigenvalue weighted by Crippen LogP contribution is 2.30. The van der Waals surface area contributed by atoms with Gasteiger partial charge >= 0.3 is 6.18 Å². The third kappa shape index (κ3) is 4.16. The molecule has 1 heterocycles. The maximum absolute atomic E-state index is 12.8. The Bertz CT molecular complexity index is 655. The lowest BCUT2D eigenvalue weighted by Crippen LogP contribution is -2.45. The predicted molar refractivity (Wildman–Crippen MR) is 88.5 cm³/mol. The molecule has 5 heteroatoms. The summed E-state index contributed by atoms with van der Waals surface area (Å²) in [6.07, 6.45) is -2.23. The first kappa shape index (κ1) is 17.0. The van der Waals surface area contributed by atoms with E-state index in [0.717, 1.165) is 25.5 Å². The van der Waals surface area contributed by atoms with Gasteiger partial charge in [-0.25, -0.2) is 0 Å². The second-order valence-electron chi connectivity index (χ2n) is 6.17. The van der Waals surface area contributed by atoms with Crippen molar-refractivity contribution in [1.29, 1.82) is 0 Å². The fourth-order valence-electron chi connectivity index (χ4n) is 3.23. The maximum atomic E-state index is 12.8. The average molecular weight is 334 g/mol. The highest BCUT2D eigenvalue weighted by Gasteiger charge is 2.30. The van der Waals surface area contributed by atoms with Crippen molar-refractivity contribution in [3.05, 3.63) is 71.3 Å². The van der Waals surface area contributed by atoms with Crippen molar-refractivity contribution in [3.8, 4) is 0 Å². The molecule has 2 atom stereocenters. The van der Waals surface area contributed by atoms with E-state index in [0.29, 0.717) is 12.1 Å². The Kier molecular flexibility index (Phi) is 5.21. The molecule has 1 fully saturated rings. The van der Waals surface area contributed by atoms with Gasteiger partial charge in [-0.15, -0.1) is 0 Å². The smallest absolute Gasteiger partial charge is 0.309 e. The summed E-state index contributed by atoms with van der Waals surface area (Å²) in [4.78, 5) is 0. The zero-order valence-electron chi connectivity index (χ0n) is 13.3. The van der Waals surface area contributed by atoms with Gasteiger partial charge in [-0.1, -0.05) is 48.5 Å². The van der Waals surface area contributed by atoms with Gasteiger partial charge < -0.3 is 10.6 Å². The van der Waals surface area contributed by atoms with Crippen molar-refractivity contribution >= 4 is 0 Å². The molecule has 1 aliphatic heterocycles. The molecule has 0 aliphatic carbocycles. The van der Waals surface area contributed by atoms with Gasteiger partial charge in [0, 0.05) is 18.6 Å². The van der Waals surface area contributed by atoms with Crippen molar-refractivity contribution in [2.75, 3.05) is 6.54 Å². The lowest BCUT2D eigenvalue weighted by Gasteiger charge is -2.34. The number of nitrogens with one attached hydrogen (secondary N) is 2. The van der Waals surface area contributed by atoms with Gasteiger partial charge in [-0.05, 0) is 36.6 Å². The lowest BCUT2D eigenvalue weighted by molar-refractivity contribution is -0.137. The second-order valence-corrected chi connectivity index (χ2v) is 6.17. The van der Waals surface area contributed by atoms with Crippen molar-refractivity contribution in [2.45, 2.75) is 37.6 Å². The van der Waals surface area contributed by atoms with Crippen LogP contribution in [0.25, 0.3) is 0 Å². The van der Waals surface area contributed by atoms with E-state index in [1.807, 2.05) is 18.2 Å². The minimum Gasteiger partial charge on any atom is -0.309 e. The molecule has 2 N–H and O–H groups in total. The first-order valence-electron chi connectivity index (χ1n) is 8.22. The van der Waals surface area contributed by atoms with Gasteiger partial charge in [-0.3, -0.25) is 0 Å². The molecular formula is C19H21F3N2. The molecule has 1 aliphatic rings. The van der Waals surface area contributed by atoms with E-state index < -0.39 is 11.7 Å². The molecule has 0 bridgehead atoms. The number of hydrogen-bond acceptors (Lipinski definition) is 2. The molecule has 0 spiro atoms. The SMILES string of the molecule is FC(F)(F)c1cccc(CN[C@@H]2CCCN[C@@H]2c2ccccc2)c1. The van der Waals surface area contributed by atoms with Crippen LogP contribution in [-0.2, 0) is 12.7 Å². The zero-order chi connectivity index (χ0) is 17.0. The third-order valence-corrected chi connectivity index (χ3v) is 4.44. The largest absolute Gasteiger partial charge is 0.416 e. The number of hydrogen-bond donors (Lipinski definition) is 2. The standard InChI is InChI=1S/C19H21F3N2/c20-19(21,22)16-9-4-6-14(12-16)13-24-17-10-5-11-23-18(17)15-7-2-1-3-8-15/h1-4,6-9,12,17-18,23-24H,5,10-11,13H2/t17-,18-/m1/s1. The van der Waals surface area contributed by atoms with Crippen LogP contribution in [0, 0.1) is 0 Å². The van der Waals surface area contributed by atoms with Crippen molar-refractivity contribution < 1.29 is 13.2 Å². The monoisotopic (exact) mass is 334 g/mol. The first-order chi connectivity index (χ1) is 11.5. The Morgan fingerprint density at radius 3 is 2.58 bits per heavy atom. The highest BCUT2D eigenvalue weighted by molar-refractivity contribution is 5.26. The van der Waals surface area contributed by atoms with E-state index in [4.69, 9.17) is 0 Å². The van der Waals surface area contributed by atoms with Crippen molar-refractivity contribution in [3.63, 3.8) is 0 Å². The molecule has 0 radical (unpaired) electrons. The number of rotatable bonds is 4. The number of halogens is 3. The fourth-order valence-corrected chi connectivity index (χ4v) is 3.23. The fraction of sp³-hybridized carbons (Fsp3) is 0.368. The lowest BCUT2D eigenvalue weighted by atomic mass is 9.92. The van der Waals surface area contributed by atoms with E-state index in [1.165, 1.54) is 17.7 Å². The summed E-state index contributed by atoms with van der Waals surface area (Å²) < 4.78 is 38.4. The number of benzene rings is 2. The maximum Gasteiger partial charge on any atom is 0.416 e. The Morgan fingerprint density at radius 2 is 1.83 bits per heavy atom. The molecule has 0 unspecified atom stereocenters. The minimum atomic E-state index is -4.30. The number of alkyl halides is 3. The van der Waals surface area contributed by atoms with Crippen LogP contribution < -0.4 is 10.6 Å². The van der Waals surface area contributed by atoms with Gasteiger partial charge in [0.25, 0.3) is 0 Å². The summed E-state index contributed by atoms with van der Waals surface area (Å²) in [5.74, 6) is 0. The van der Waals surface area contributed by atoms with Gasteiger partial charge in [0.1, 0.15) is 0 Å². The predicted octanol–water partition coefficient (Wildman–Crippen LogP) is 4.29. The van der Waals surface area contributed by atoms with Gasteiger partial charge in [-0.2, -0.15) is 13.2 Å². The van der Waals surface area contributed by atoms with Gasteiger partial charge in [0.05, 0.1) is 5.56 Å². The Balaban J connectivity index is 1.68. The van der Waals surface area contributed by atoms with Crippen LogP contribution in [0.1, 0.15) is 35.6 Å².